The van der Waals surface area contributed by atoms with Crippen LogP contribution in [0.2, 0.25) is 0 Å². The van der Waals surface area contributed by atoms with E-state index in [1.807, 2.05) is 29.7 Å². The summed E-state index contributed by atoms with van der Waals surface area (Å²) in [5, 5.41) is 20.1. The number of oxime groups is 1. The fourth-order valence-electron chi connectivity index (χ4n) is 2.60. The van der Waals surface area contributed by atoms with Crippen LogP contribution in [-0.4, -0.2) is 32.4 Å². The zero-order valence-corrected chi connectivity index (χ0v) is 11.2. The third-order valence-corrected chi connectivity index (χ3v) is 3.58. The van der Waals surface area contributed by atoms with Crippen molar-refractivity contribution in [3.05, 3.63) is 41.5 Å². The van der Waals surface area contributed by atoms with Crippen LogP contribution in [0.5, 0.6) is 0 Å². The van der Waals surface area contributed by atoms with E-state index in [1.54, 1.807) is 6.33 Å². The van der Waals surface area contributed by atoms with Crippen molar-refractivity contribution in [3.8, 4) is 0 Å². The number of nitrogens with two attached hydrogens (primary N) is 1. The van der Waals surface area contributed by atoms with Crippen LogP contribution < -0.4 is 10.6 Å². The van der Waals surface area contributed by atoms with Gasteiger partial charge in [0.2, 0.25) is 0 Å². The molecule has 104 valence electrons. The molecule has 0 atom stereocenters. The van der Waals surface area contributed by atoms with Gasteiger partial charge < -0.3 is 20.4 Å². The van der Waals surface area contributed by atoms with Crippen molar-refractivity contribution in [3.63, 3.8) is 0 Å². The molecule has 0 radical (unpaired) electrons. The molecule has 0 saturated carbocycles. The fraction of sp³-hybridized carbons (Fsp3) is 0.308. The van der Waals surface area contributed by atoms with Gasteiger partial charge >= 0.3 is 0 Å². The highest BCUT2D eigenvalue weighted by Crippen LogP contribution is 2.28. The first kappa shape index (κ1) is 12.5. The molecular weight excluding hydrogens is 256 g/mol. The first-order valence-electron chi connectivity index (χ1n) is 6.40. The molecule has 20 heavy (non-hydrogen) atoms. The number of anilines is 1. The van der Waals surface area contributed by atoms with Crippen molar-refractivity contribution < 1.29 is 5.21 Å². The van der Waals surface area contributed by atoms with Gasteiger partial charge in [-0.3, -0.25) is 0 Å². The minimum atomic E-state index is 0.121. The molecule has 0 unspecified atom stereocenters. The molecule has 2 aromatic rings. The number of benzene rings is 1. The Labute approximate surface area is 116 Å². The van der Waals surface area contributed by atoms with E-state index >= 15 is 0 Å². The maximum Gasteiger partial charge on any atom is 0.172 e. The van der Waals surface area contributed by atoms with Gasteiger partial charge in [-0.05, 0) is 18.6 Å². The van der Waals surface area contributed by atoms with Crippen LogP contribution in [0.3, 0.4) is 0 Å². The number of rotatable bonds is 2. The number of hydrogen-bond acceptors (Lipinski definition) is 5. The van der Waals surface area contributed by atoms with Gasteiger partial charge in [0.1, 0.15) is 6.33 Å². The van der Waals surface area contributed by atoms with E-state index in [2.05, 4.69) is 20.3 Å². The Balaban J connectivity index is 2.03. The molecule has 0 saturated heterocycles. The highest BCUT2D eigenvalue weighted by atomic mass is 16.4. The molecule has 0 amide bonds. The van der Waals surface area contributed by atoms with E-state index in [0.717, 1.165) is 35.7 Å². The lowest BCUT2D eigenvalue weighted by Gasteiger charge is -2.31. The average molecular weight is 272 g/mol. The monoisotopic (exact) mass is 272 g/mol. The summed E-state index contributed by atoms with van der Waals surface area (Å²) in [6.45, 7) is 4.34. The summed E-state index contributed by atoms with van der Waals surface area (Å²) in [5.74, 6) is 1.04. The third-order valence-electron chi connectivity index (χ3n) is 3.58. The lowest BCUT2D eigenvalue weighted by molar-refractivity contribution is 0.318. The standard InChI is InChI=1S/C13H16N6O/c1-9-3-2-4-10(13(14)17-20)12(9)18-5-6-19-8-15-16-11(19)7-18/h2-4,8,20H,5-7H2,1H3,(H2,14,17). The molecule has 7 heteroatoms. The maximum absolute atomic E-state index is 8.94. The molecular formula is C13H16N6O. The van der Waals surface area contributed by atoms with Crippen LogP contribution >= 0.6 is 0 Å². The van der Waals surface area contributed by atoms with Crippen LogP contribution in [0.1, 0.15) is 17.0 Å². The molecule has 0 spiro atoms. The van der Waals surface area contributed by atoms with Crippen molar-refractivity contribution in [2.24, 2.45) is 10.9 Å². The molecule has 2 heterocycles. The molecule has 0 fully saturated rings. The number of amidine groups is 1. The minimum Gasteiger partial charge on any atom is -0.409 e. The number of hydrogen-bond donors (Lipinski definition) is 2. The summed E-state index contributed by atoms with van der Waals surface area (Å²) in [7, 11) is 0. The van der Waals surface area contributed by atoms with Crippen molar-refractivity contribution in [1.29, 1.82) is 0 Å². The number of aryl methyl sites for hydroxylation is 1. The van der Waals surface area contributed by atoms with Gasteiger partial charge in [0.15, 0.2) is 11.7 Å². The maximum atomic E-state index is 8.94. The topological polar surface area (TPSA) is 92.6 Å². The molecule has 1 aromatic carbocycles. The molecule has 1 aromatic heterocycles. The van der Waals surface area contributed by atoms with Gasteiger partial charge in [0, 0.05) is 18.7 Å². The lowest BCUT2D eigenvalue weighted by atomic mass is 10.1. The van der Waals surface area contributed by atoms with Crippen LogP contribution in [0, 0.1) is 6.92 Å². The lowest BCUT2D eigenvalue weighted by Crippen LogP contribution is -2.35. The zero-order chi connectivity index (χ0) is 14.1. The Hall–Kier alpha value is -2.57. The SMILES string of the molecule is Cc1cccc(/C(N)=N/O)c1N1CCn2cnnc2C1. The van der Waals surface area contributed by atoms with Gasteiger partial charge in [0.25, 0.3) is 0 Å². The average Bonchev–Trinajstić information content (AvgIpc) is 2.93. The predicted molar refractivity (Wildman–Crippen MR) is 74.8 cm³/mol. The summed E-state index contributed by atoms with van der Waals surface area (Å²) in [6.07, 6.45) is 1.75. The molecule has 3 N–H and O–H groups in total. The van der Waals surface area contributed by atoms with E-state index in [0.29, 0.717) is 6.54 Å². The van der Waals surface area contributed by atoms with Gasteiger partial charge in [-0.25, -0.2) is 0 Å². The minimum absolute atomic E-state index is 0.121. The highest BCUT2D eigenvalue weighted by molar-refractivity contribution is 6.02. The summed E-state index contributed by atoms with van der Waals surface area (Å²) < 4.78 is 2.04. The van der Waals surface area contributed by atoms with E-state index < -0.39 is 0 Å². The summed E-state index contributed by atoms with van der Waals surface area (Å²) in [6, 6.07) is 5.78. The Morgan fingerprint density at radius 1 is 1.40 bits per heavy atom. The van der Waals surface area contributed by atoms with Crippen molar-refractivity contribution in [2.45, 2.75) is 20.0 Å². The summed E-state index contributed by atoms with van der Waals surface area (Å²) in [5.41, 5.74) is 8.59. The van der Waals surface area contributed by atoms with E-state index in [-0.39, 0.29) is 5.84 Å². The van der Waals surface area contributed by atoms with Gasteiger partial charge in [-0.15, -0.1) is 10.2 Å². The van der Waals surface area contributed by atoms with Crippen LogP contribution in [-0.2, 0) is 13.1 Å². The van der Waals surface area contributed by atoms with E-state index in [9.17, 15) is 0 Å². The Kier molecular flexibility index (Phi) is 3.02. The molecule has 0 bridgehead atoms. The Bertz CT molecular complexity index is 663. The molecule has 1 aliphatic rings. The molecule has 7 nitrogen and oxygen atoms in total. The van der Waals surface area contributed by atoms with Crippen LogP contribution in [0.15, 0.2) is 29.7 Å². The largest absolute Gasteiger partial charge is 0.409 e. The first-order chi connectivity index (χ1) is 9.70. The number of aromatic nitrogens is 3. The smallest absolute Gasteiger partial charge is 0.172 e. The van der Waals surface area contributed by atoms with E-state index in [4.69, 9.17) is 10.9 Å². The normalized spacial score (nSPS) is 15.2. The van der Waals surface area contributed by atoms with Crippen LogP contribution in [0.4, 0.5) is 5.69 Å². The van der Waals surface area contributed by atoms with Crippen LogP contribution in [0.25, 0.3) is 0 Å². The quantitative estimate of drug-likeness (QED) is 0.363. The molecule has 0 aliphatic carbocycles. The Morgan fingerprint density at radius 3 is 3.05 bits per heavy atom. The highest BCUT2D eigenvalue weighted by Gasteiger charge is 2.22. The molecule has 1 aliphatic heterocycles. The van der Waals surface area contributed by atoms with Gasteiger partial charge in [-0.1, -0.05) is 17.3 Å². The fourth-order valence-corrected chi connectivity index (χ4v) is 2.60. The van der Waals surface area contributed by atoms with Crippen molar-refractivity contribution in [1.82, 2.24) is 14.8 Å². The van der Waals surface area contributed by atoms with Gasteiger partial charge in [0.05, 0.1) is 12.2 Å². The second-order valence-corrected chi connectivity index (χ2v) is 4.82. The zero-order valence-electron chi connectivity index (χ0n) is 11.2. The summed E-state index contributed by atoms with van der Waals surface area (Å²) >= 11 is 0. The second kappa shape index (κ2) is 4.84. The second-order valence-electron chi connectivity index (χ2n) is 4.82. The number of para-hydroxylation sites is 1. The molecule has 3 rings (SSSR count). The number of fused-ring (bicyclic) bond motifs is 1. The third kappa shape index (κ3) is 1.97. The Morgan fingerprint density at radius 2 is 2.25 bits per heavy atom. The number of nitrogens with zero attached hydrogens (tertiary/aromatic N) is 5. The van der Waals surface area contributed by atoms with Gasteiger partial charge in [-0.2, -0.15) is 0 Å². The first-order valence-corrected chi connectivity index (χ1v) is 6.40. The van der Waals surface area contributed by atoms with E-state index in [1.165, 1.54) is 0 Å². The summed E-state index contributed by atoms with van der Waals surface area (Å²) in [4.78, 5) is 2.19. The van der Waals surface area contributed by atoms with Crippen molar-refractivity contribution >= 4 is 11.5 Å². The van der Waals surface area contributed by atoms with Crippen molar-refractivity contribution in [2.75, 3.05) is 11.4 Å². The predicted octanol–water partition coefficient (Wildman–Crippen LogP) is 0.701.